The van der Waals surface area contributed by atoms with Crippen LogP contribution in [0.4, 0.5) is 8.78 Å². The number of halogens is 2. The molecule has 3 rings (SSSR count). The van der Waals surface area contributed by atoms with Gasteiger partial charge in [0.15, 0.2) is 0 Å². The van der Waals surface area contributed by atoms with E-state index < -0.39 is 11.6 Å². The normalized spacial score (nSPS) is 11.2. The number of hydrogen-bond acceptors (Lipinski definition) is 1. The van der Waals surface area contributed by atoms with Crippen molar-refractivity contribution in [1.82, 2.24) is 9.78 Å². The number of hydrogen-bond donors (Lipinski definition) is 0. The Hall–Kier alpha value is -2.23. The zero-order chi connectivity index (χ0) is 14.3. The molecule has 0 atom stereocenters. The van der Waals surface area contributed by atoms with Gasteiger partial charge in [-0.05, 0) is 41.8 Å². The molecule has 0 N–H and O–H groups in total. The van der Waals surface area contributed by atoms with Crippen LogP contribution in [0.5, 0.6) is 0 Å². The minimum absolute atomic E-state index is 0.135. The van der Waals surface area contributed by atoms with Gasteiger partial charge in [0.05, 0.1) is 5.52 Å². The summed E-state index contributed by atoms with van der Waals surface area (Å²) < 4.78 is 29.4. The molecule has 1 aromatic heterocycles. The number of aromatic nitrogens is 2. The molecule has 1 heterocycles. The molecule has 2 nitrogen and oxygen atoms in total. The molecule has 0 aliphatic rings. The first-order chi connectivity index (χ1) is 9.58. The van der Waals surface area contributed by atoms with Crippen LogP contribution in [0.3, 0.4) is 0 Å². The molecular weight excluding hydrogens is 258 g/mol. The summed E-state index contributed by atoms with van der Waals surface area (Å²) in [5.74, 6) is -0.984. The summed E-state index contributed by atoms with van der Waals surface area (Å²) in [5.41, 5.74) is 2.33. The standard InChI is InChI=1S/C16H14F2N2/c1-3-13-14(17)7-11(8-15(13)18)10-4-5-16-12(6-10)9-20(2)19-16/h4-9H,3H2,1-2H3. The largest absolute Gasteiger partial charge is 0.275 e. The summed E-state index contributed by atoms with van der Waals surface area (Å²) in [6, 6.07) is 8.35. The molecule has 0 bridgehead atoms. The summed E-state index contributed by atoms with van der Waals surface area (Å²) in [6.07, 6.45) is 2.23. The second kappa shape index (κ2) is 4.71. The smallest absolute Gasteiger partial charge is 0.129 e. The average Bonchev–Trinajstić information content (AvgIpc) is 2.77. The number of nitrogens with zero attached hydrogens (tertiary/aromatic N) is 2. The maximum atomic E-state index is 13.9. The Morgan fingerprint density at radius 3 is 2.40 bits per heavy atom. The first-order valence-electron chi connectivity index (χ1n) is 6.50. The zero-order valence-electron chi connectivity index (χ0n) is 11.3. The van der Waals surface area contributed by atoms with Crippen LogP contribution in [0.1, 0.15) is 12.5 Å². The number of rotatable bonds is 2. The highest BCUT2D eigenvalue weighted by molar-refractivity contribution is 5.84. The lowest BCUT2D eigenvalue weighted by Gasteiger charge is -2.07. The van der Waals surface area contributed by atoms with Gasteiger partial charge in [-0.3, -0.25) is 4.68 Å². The Kier molecular flexibility index (Phi) is 3.01. The minimum Gasteiger partial charge on any atom is -0.275 e. The first kappa shape index (κ1) is 12.8. The van der Waals surface area contributed by atoms with E-state index in [-0.39, 0.29) is 5.56 Å². The van der Waals surface area contributed by atoms with Gasteiger partial charge in [0.2, 0.25) is 0 Å². The summed E-state index contributed by atoms with van der Waals surface area (Å²) >= 11 is 0. The fourth-order valence-corrected chi connectivity index (χ4v) is 2.44. The number of benzene rings is 2. The average molecular weight is 272 g/mol. The number of fused-ring (bicyclic) bond motifs is 1. The van der Waals surface area contributed by atoms with Gasteiger partial charge in [-0.2, -0.15) is 5.10 Å². The lowest BCUT2D eigenvalue weighted by Crippen LogP contribution is -1.94. The van der Waals surface area contributed by atoms with Gasteiger partial charge in [-0.1, -0.05) is 13.0 Å². The first-order valence-corrected chi connectivity index (χ1v) is 6.50. The monoisotopic (exact) mass is 272 g/mol. The maximum absolute atomic E-state index is 13.9. The van der Waals surface area contributed by atoms with E-state index in [1.54, 1.807) is 11.6 Å². The molecule has 0 radical (unpaired) electrons. The summed E-state index contributed by atoms with van der Waals surface area (Å²) in [5, 5.41) is 5.23. The quantitative estimate of drug-likeness (QED) is 0.687. The SMILES string of the molecule is CCc1c(F)cc(-c2ccc3nn(C)cc3c2)cc1F. The van der Waals surface area contributed by atoms with Crippen LogP contribution in [-0.2, 0) is 13.5 Å². The van der Waals surface area contributed by atoms with Gasteiger partial charge in [-0.25, -0.2) is 8.78 Å². The highest BCUT2D eigenvalue weighted by atomic mass is 19.1. The van der Waals surface area contributed by atoms with Crippen molar-refractivity contribution in [3.05, 3.63) is 53.7 Å². The van der Waals surface area contributed by atoms with Crippen molar-refractivity contribution in [2.24, 2.45) is 7.05 Å². The van der Waals surface area contributed by atoms with Crippen LogP contribution in [0, 0.1) is 11.6 Å². The van der Waals surface area contributed by atoms with E-state index in [0.717, 1.165) is 16.5 Å². The third-order valence-electron chi connectivity index (χ3n) is 3.45. The molecule has 20 heavy (non-hydrogen) atoms. The van der Waals surface area contributed by atoms with Gasteiger partial charge >= 0.3 is 0 Å². The topological polar surface area (TPSA) is 17.8 Å². The predicted molar refractivity (Wildman–Crippen MR) is 75.4 cm³/mol. The molecule has 3 aromatic rings. The van der Waals surface area contributed by atoms with Crippen molar-refractivity contribution >= 4 is 10.9 Å². The van der Waals surface area contributed by atoms with E-state index in [1.165, 1.54) is 12.1 Å². The van der Waals surface area contributed by atoms with Crippen LogP contribution in [0.2, 0.25) is 0 Å². The van der Waals surface area contributed by atoms with Gasteiger partial charge < -0.3 is 0 Å². The Morgan fingerprint density at radius 1 is 1.05 bits per heavy atom. The van der Waals surface area contributed by atoms with Gasteiger partial charge in [0.25, 0.3) is 0 Å². The lowest BCUT2D eigenvalue weighted by molar-refractivity contribution is 0.560. The number of aryl methyl sites for hydroxylation is 1. The summed E-state index contributed by atoms with van der Waals surface area (Å²) in [4.78, 5) is 0. The van der Waals surface area contributed by atoms with E-state index in [2.05, 4.69) is 5.10 Å². The third-order valence-corrected chi connectivity index (χ3v) is 3.45. The minimum atomic E-state index is -0.492. The molecular formula is C16H14F2N2. The molecule has 4 heteroatoms. The van der Waals surface area contributed by atoms with E-state index >= 15 is 0 Å². The molecule has 0 fully saturated rings. The van der Waals surface area contributed by atoms with E-state index in [1.807, 2.05) is 31.4 Å². The molecule has 0 aliphatic heterocycles. The summed E-state index contributed by atoms with van der Waals surface area (Å²) in [7, 11) is 1.84. The van der Waals surface area contributed by atoms with Crippen molar-refractivity contribution in [2.45, 2.75) is 13.3 Å². The van der Waals surface area contributed by atoms with Crippen LogP contribution in [0.15, 0.2) is 36.5 Å². The Morgan fingerprint density at radius 2 is 1.75 bits per heavy atom. The second-order valence-electron chi connectivity index (χ2n) is 4.85. The maximum Gasteiger partial charge on any atom is 0.129 e. The van der Waals surface area contributed by atoms with E-state index in [0.29, 0.717) is 12.0 Å². The van der Waals surface area contributed by atoms with Crippen molar-refractivity contribution in [2.75, 3.05) is 0 Å². The molecule has 0 unspecified atom stereocenters. The molecule has 0 amide bonds. The fourth-order valence-electron chi connectivity index (χ4n) is 2.44. The van der Waals surface area contributed by atoms with Crippen LogP contribution in [-0.4, -0.2) is 9.78 Å². The third kappa shape index (κ3) is 2.07. The van der Waals surface area contributed by atoms with Crippen LogP contribution in [0.25, 0.3) is 22.0 Å². The van der Waals surface area contributed by atoms with Crippen molar-refractivity contribution in [3.8, 4) is 11.1 Å². The molecule has 102 valence electrons. The van der Waals surface area contributed by atoms with Crippen LogP contribution < -0.4 is 0 Å². The highest BCUT2D eigenvalue weighted by Gasteiger charge is 2.11. The van der Waals surface area contributed by atoms with E-state index in [9.17, 15) is 8.78 Å². The Balaban J connectivity index is 2.15. The summed E-state index contributed by atoms with van der Waals surface area (Å²) in [6.45, 7) is 1.74. The Labute approximate surface area is 115 Å². The van der Waals surface area contributed by atoms with Gasteiger partial charge in [-0.15, -0.1) is 0 Å². The van der Waals surface area contributed by atoms with Gasteiger partial charge in [0.1, 0.15) is 11.6 Å². The van der Waals surface area contributed by atoms with Crippen molar-refractivity contribution in [3.63, 3.8) is 0 Å². The predicted octanol–water partition coefficient (Wildman–Crippen LogP) is 4.08. The molecule has 0 saturated heterocycles. The Bertz CT molecular complexity index is 767. The molecule has 0 aliphatic carbocycles. The highest BCUT2D eigenvalue weighted by Crippen LogP contribution is 2.27. The molecule has 0 saturated carbocycles. The fraction of sp³-hybridized carbons (Fsp3) is 0.188. The lowest BCUT2D eigenvalue weighted by atomic mass is 10.0. The zero-order valence-corrected chi connectivity index (χ0v) is 11.3. The molecule has 0 spiro atoms. The van der Waals surface area contributed by atoms with E-state index in [4.69, 9.17) is 0 Å². The second-order valence-corrected chi connectivity index (χ2v) is 4.85. The van der Waals surface area contributed by atoms with Crippen molar-refractivity contribution in [1.29, 1.82) is 0 Å². The molecule has 2 aromatic carbocycles. The van der Waals surface area contributed by atoms with Crippen molar-refractivity contribution < 1.29 is 8.78 Å². The van der Waals surface area contributed by atoms with Gasteiger partial charge in [0, 0.05) is 24.2 Å². The van der Waals surface area contributed by atoms with Crippen LogP contribution >= 0.6 is 0 Å².